The molecule has 2 aliphatic rings. The Morgan fingerprint density at radius 1 is 1.28 bits per heavy atom. The molecule has 0 saturated carbocycles. The molecule has 1 aliphatic heterocycles. The first-order valence-corrected chi connectivity index (χ1v) is 13.1. The van der Waals surface area contributed by atoms with Crippen LogP contribution in [-0.4, -0.2) is 44.0 Å². The number of alkyl halides is 2. The summed E-state index contributed by atoms with van der Waals surface area (Å²) in [5.41, 5.74) is 2.17. The van der Waals surface area contributed by atoms with Crippen molar-refractivity contribution in [2.45, 2.75) is 43.7 Å². The average molecular weight is 515 g/mol. The van der Waals surface area contributed by atoms with E-state index in [2.05, 4.69) is 21.5 Å². The van der Waals surface area contributed by atoms with Crippen LogP contribution in [0.25, 0.3) is 0 Å². The molecule has 2 unspecified atom stereocenters. The van der Waals surface area contributed by atoms with E-state index < -0.39 is 15.7 Å². The van der Waals surface area contributed by atoms with Crippen molar-refractivity contribution in [1.82, 2.24) is 15.5 Å². The maximum Gasteiger partial charge on any atom is 0.270 e. The number of carbonyl (C=O) groups excluding carboxylic acids is 1. The topological polar surface area (TPSA) is 94.0 Å². The zero-order valence-corrected chi connectivity index (χ0v) is 20.8. The molecule has 0 spiro atoms. The van der Waals surface area contributed by atoms with Gasteiger partial charge < -0.3 is 20.1 Å². The molecular formula is C26H28F2N4O3S. The van der Waals surface area contributed by atoms with Crippen molar-refractivity contribution >= 4 is 33.2 Å². The Bertz CT molecular complexity index is 1360. The van der Waals surface area contributed by atoms with E-state index in [9.17, 15) is 22.3 Å². The van der Waals surface area contributed by atoms with Crippen LogP contribution >= 0.6 is 0 Å². The van der Waals surface area contributed by atoms with Crippen molar-refractivity contribution in [3.8, 4) is 0 Å². The van der Waals surface area contributed by atoms with Gasteiger partial charge in [-0.3, -0.25) is 4.79 Å². The lowest BCUT2D eigenvalue weighted by Crippen LogP contribution is -2.35. The number of amides is 1. The maximum atomic E-state index is 14.3. The second-order valence-electron chi connectivity index (χ2n) is 8.74. The Labute approximate surface area is 209 Å². The predicted octanol–water partition coefficient (Wildman–Crippen LogP) is 4.16. The molecule has 1 aliphatic carbocycles. The fourth-order valence-corrected chi connectivity index (χ4v) is 4.84. The summed E-state index contributed by atoms with van der Waals surface area (Å²) < 4.78 is 50.1. The molecule has 1 amide bonds. The largest absolute Gasteiger partial charge is 0.352 e. The van der Waals surface area contributed by atoms with Crippen LogP contribution in [0.1, 0.15) is 31.4 Å². The van der Waals surface area contributed by atoms with Crippen molar-refractivity contribution in [3.63, 3.8) is 0 Å². The number of nitrogens with one attached hydrogen (secondary N) is 2. The number of nitrogens with zero attached hydrogens (tertiary/aromatic N) is 2. The maximum absolute atomic E-state index is 14.3. The molecule has 0 radical (unpaired) electrons. The normalized spacial score (nSPS) is 20.2. The molecule has 4 rings (SSSR count). The van der Waals surface area contributed by atoms with Gasteiger partial charge in [-0.15, -0.1) is 0 Å². The fraction of sp³-hybridized carbons (Fsp3) is 0.269. The van der Waals surface area contributed by atoms with Crippen molar-refractivity contribution in [1.29, 1.82) is 0 Å². The molecule has 190 valence electrons. The number of rotatable bonds is 7. The number of halogens is 2. The second-order valence-corrected chi connectivity index (χ2v) is 10.5. The van der Waals surface area contributed by atoms with Crippen molar-refractivity contribution in [3.05, 3.63) is 83.1 Å². The minimum absolute atomic E-state index is 0.0614. The fourth-order valence-electron chi connectivity index (χ4n) is 4.27. The highest BCUT2D eigenvalue weighted by Crippen LogP contribution is 2.34. The molecule has 1 fully saturated rings. The lowest BCUT2D eigenvalue weighted by molar-refractivity contribution is -0.117. The molecular weight excluding hydrogens is 486 g/mol. The van der Waals surface area contributed by atoms with Crippen molar-refractivity contribution < 1.29 is 22.3 Å². The van der Waals surface area contributed by atoms with Crippen LogP contribution in [0.4, 0.5) is 14.5 Å². The second kappa shape index (κ2) is 9.87. The first kappa shape index (κ1) is 25.6. The number of aliphatic imine (C=N–C) groups is 1. The number of guanidine groups is 1. The molecule has 3 N–H and O–H groups in total. The highest BCUT2D eigenvalue weighted by Gasteiger charge is 2.37. The van der Waals surface area contributed by atoms with Gasteiger partial charge in [0.2, 0.25) is 5.96 Å². The molecule has 2 aromatic rings. The van der Waals surface area contributed by atoms with E-state index >= 15 is 0 Å². The van der Waals surface area contributed by atoms with Gasteiger partial charge in [-0.05, 0) is 55.1 Å². The van der Waals surface area contributed by atoms with Crippen LogP contribution < -0.4 is 10.6 Å². The number of fused-ring (bicyclic) bond motifs is 1. The van der Waals surface area contributed by atoms with Gasteiger partial charge in [0.15, 0.2) is 0 Å². The Hall–Kier alpha value is -3.50. The van der Waals surface area contributed by atoms with E-state index in [1.807, 2.05) is 17.9 Å². The summed E-state index contributed by atoms with van der Waals surface area (Å²) in [6.45, 7) is 3.38. The standard InChI is InChI=1S/C26H28F2N4O3S/c1-4-29-24(33)17-9-14-23-22(15-17)31-25(30-19-10-12-20(13-11-19)36(3,34)35)32(23)16-18-7-5-6-8-21(18)26(2,27)28/h5-13,15,23H,3-4,14,16H2,1-2H3,(H,29,33)(H,30,31)(H,34,35). The van der Waals surface area contributed by atoms with Gasteiger partial charge in [0.25, 0.3) is 11.8 Å². The Balaban J connectivity index is 1.72. The lowest BCUT2D eigenvalue weighted by atomic mass is 9.97. The summed E-state index contributed by atoms with van der Waals surface area (Å²) in [4.78, 5) is 19.1. The summed E-state index contributed by atoms with van der Waals surface area (Å²) in [5.74, 6) is 0.492. The summed E-state index contributed by atoms with van der Waals surface area (Å²) in [6.07, 6.45) is 4.07. The molecule has 10 heteroatoms. The molecule has 1 saturated heterocycles. The molecule has 0 aromatic heterocycles. The summed E-state index contributed by atoms with van der Waals surface area (Å²) in [6, 6.07) is 12.3. The average Bonchev–Trinajstić information content (AvgIpc) is 3.14. The molecule has 36 heavy (non-hydrogen) atoms. The third-order valence-corrected chi connectivity index (χ3v) is 7.01. The third kappa shape index (κ3) is 5.50. The molecule has 2 aromatic carbocycles. The molecule has 7 nitrogen and oxygen atoms in total. The van der Waals surface area contributed by atoms with E-state index in [1.165, 1.54) is 18.2 Å². The summed E-state index contributed by atoms with van der Waals surface area (Å²) >= 11 is 0. The lowest BCUT2D eigenvalue weighted by Gasteiger charge is -2.28. The molecule has 2 atom stereocenters. The first-order valence-electron chi connectivity index (χ1n) is 11.5. The van der Waals surface area contributed by atoms with Gasteiger partial charge in [0.05, 0.1) is 16.6 Å². The Morgan fingerprint density at radius 2 is 1.97 bits per heavy atom. The monoisotopic (exact) mass is 514 g/mol. The van der Waals surface area contributed by atoms with Crippen LogP contribution in [-0.2, 0) is 27.1 Å². The quantitative estimate of drug-likeness (QED) is 0.483. The number of carbonyl (C=O) groups is 1. The zero-order valence-electron chi connectivity index (χ0n) is 20.0. The highest BCUT2D eigenvalue weighted by molar-refractivity contribution is 7.95. The van der Waals surface area contributed by atoms with E-state index in [1.54, 1.807) is 36.4 Å². The molecule has 1 heterocycles. The highest BCUT2D eigenvalue weighted by atomic mass is 32.2. The SMILES string of the molecule is C=S(=O)(O)c1ccc(N=C2NC3=CC(C(=O)NCC)=CCC3N2Cc2ccccc2C(C)(F)F)cc1. The van der Waals surface area contributed by atoms with Crippen LogP contribution in [0.2, 0.25) is 0 Å². The third-order valence-electron chi connectivity index (χ3n) is 6.01. The van der Waals surface area contributed by atoms with Gasteiger partial charge in [-0.1, -0.05) is 30.3 Å². The summed E-state index contributed by atoms with van der Waals surface area (Å²) in [7, 11) is -3.35. The van der Waals surface area contributed by atoms with Crippen LogP contribution in [0.15, 0.2) is 81.8 Å². The summed E-state index contributed by atoms with van der Waals surface area (Å²) in [5, 5.41) is 6.04. The van der Waals surface area contributed by atoms with Crippen LogP contribution in [0.5, 0.6) is 0 Å². The van der Waals surface area contributed by atoms with Gasteiger partial charge in [-0.2, -0.15) is 0 Å². The van der Waals surface area contributed by atoms with Gasteiger partial charge in [0, 0.05) is 36.8 Å². The first-order chi connectivity index (χ1) is 17.0. The number of benzene rings is 2. The predicted molar refractivity (Wildman–Crippen MR) is 138 cm³/mol. The Kier molecular flexibility index (Phi) is 7.01. The Morgan fingerprint density at radius 3 is 2.61 bits per heavy atom. The van der Waals surface area contributed by atoms with Gasteiger partial charge in [0.1, 0.15) is 9.80 Å². The van der Waals surface area contributed by atoms with E-state index in [0.717, 1.165) is 12.6 Å². The van der Waals surface area contributed by atoms with Crippen molar-refractivity contribution in [2.24, 2.45) is 4.99 Å². The van der Waals surface area contributed by atoms with E-state index in [0.29, 0.717) is 35.7 Å². The number of likely N-dealkylation sites (N-methyl/N-ethyl adjacent to an activating group) is 1. The van der Waals surface area contributed by atoms with Crippen molar-refractivity contribution in [2.75, 3.05) is 6.54 Å². The van der Waals surface area contributed by atoms with E-state index in [-0.39, 0.29) is 29.0 Å². The smallest absolute Gasteiger partial charge is 0.270 e. The van der Waals surface area contributed by atoms with Gasteiger partial charge >= 0.3 is 0 Å². The minimum atomic E-state index is -3.35. The van der Waals surface area contributed by atoms with Gasteiger partial charge in [-0.25, -0.2) is 18.0 Å². The number of hydrogen-bond donors (Lipinski definition) is 3. The van der Waals surface area contributed by atoms with Crippen LogP contribution in [0, 0.1) is 0 Å². The van der Waals surface area contributed by atoms with Crippen LogP contribution in [0.3, 0.4) is 0 Å². The molecule has 0 bridgehead atoms. The number of hydrogen-bond acceptors (Lipinski definition) is 3. The van der Waals surface area contributed by atoms with E-state index in [4.69, 9.17) is 0 Å². The zero-order chi connectivity index (χ0) is 26.1. The minimum Gasteiger partial charge on any atom is -0.352 e.